The summed E-state index contributed by atoms with van der Waals surface area (Å²) in [5.41, 5.74) is 0. The molecule has 1 rings (SSSR count). The fraction of sp³-hybridized carbons (Fsp3) is 1.00. The molecule has 0 aromatic heterocycles. The molecular weight excluding hydrogens is 228 g/mol. The first-order valence-corrected chi connectivity index (χ1v) is 11.9. The van der Waals surface area contributed by atoms with Crippen molar-refractivity contribution >= 4 is 27.6 Å². The molecule has 0 aromatic rings. The van der Waals surface area contributed by atoms with Gasteiger partial charge in [-0.1, -0.05) is 13.3 Å². The third-order valence-corrected chi connectivity index (χ3v) is 11.6. The Kier molecular flexibility index (Phi) is 5.57. The van der Waals surface area contributed by atoms with Gasteiger partial charge in [0.15, 0.2) is 9.04 Å². The molecule has 3 nitrogen and oxygen atoms in total. The summed E-state index contributed by atoms with van der Waals surface area (Å²) in [5, 5.41) is 0. The van der Waals surface area contributed by atoms with Crippen LogP contribution in [0.3, 0.4) is 0 Å². The molecule has 0 amide bonds. The molecule has 1 fully saturated rings. The molecule has 1 heterocycles. The maximum absolute atomic E-state index is 5.98. The Hall–Kier alpha value is 0.531. The quantitative estimate of drug-likeness (QED) is 0.691. The molecule has 4 atom stereocenters. The monoisotopic (exact) mass is 250 g/mol. The second-order valence-corrected chi connectivity index (χ2v) is 11.2. The van der Waals surface area contributed by atoms with Crippen LogP contribution in [0.1, 0.15) is 20.3 Å². The van der Waals surface area contributed by atoms with E-state index in [9.17, 15) is 0 Å². The van der Waals surface area contributed by atoms with Gasteiger partial charge in [-0.3, -0.25) is 0 Å². The molecule has 0 aromatic carbocycles. The summed E-state index contributed by atoms with van der Waals surface area (Å²) in [7, 11) is -3.73. The smallest absolute Gasteiger partial charge is 0.312 e. The largest absolute Gasteiger partial charge is 0.441 e. The first kappa shape index (κ1) is 12.6. The lowest BCUT2D eigenvalue weighted by Gasteiger charge is -2.30. The first-order valence-electron chi connectivity index (χ1n) is 5.58. The molecule has 1 saturated heterocycles. The van der Waals surface area contributed by atoms with Gasteiger partial charge in [0, 0.05) is 6.10 Å². The average molecular weight is 251 g/mol. The van der Waals surface area contributed by atoms with Crippen molar-refractivity contribution in [2.75, 3.05) is 0 Å². The number of hydrogen-bond acceptors (Lipinski definition) is 3. The topological polar surface area (TPSA) is 27.7 Å². The molecule has 0 spiro atoms. The lowest BCUT2D eigenvalue weighted by Crippen LogP contribution is -2.41. The highest BCUT2D eigenvalue weighted by molar-refractivity contribution is 6.67. The van der Waals surface area contributed by atoms with E-state index in [1.807, 2.05) is 0 Å². The van der Waals surface area contributed by atoms with E-state index in [4.69, 9.17) is 12.7 Å². The molecule has 1 aliphatic heterocycles. The SMILES string of the molecule is CCC[SiH]1OC(C)C[SiH](C)O[SiH](C)O1. The second-order valence-electron chi connectivity index (χ2n) is 4.05. The minimum absolute atomic E-state index is 0.362. The van der Waals surface area contributed by atoms with E-state index in [1.165, 1.54) is 0 Å². The average Bonchev–Trinajstić information content (AvgIpc) is 2.00. The molecule has 84 valence electrons. The van der Waals surface area contributed by atoms with Crippen molar-refractivity contribution in [2.24, 2.45) is 0 Å². The molecule has 14 heavy (non-hydrogen) atoms. The fourth-order valence-corrected chi connectivity index (χ4v) is 10.7. The number of rotatable bonds is 2. The van der Waals surface area contributed by atoms with Gasteiger partial charge in [-0.15, -0.1) is 0 Å². The van der Waals surface area contributed by atoms with Crippen LogP contribution in [-0.4, -0.2) is 33.7 Å². The summed E-state index contributed by atoms with van der Waals surface area (Å²) >= 11 is 0. The highest BCUT2D eigenvalue weighted by atomic mass is 28.4. The zero-order valence-electron chi connectivity index (χ0n) is 9.66. The van der Waals surface area contributed by atoms with Crippen molar-refractivity contribution < 1.29 is 12.7 Å². The van der Waals surface area contributed by atoms with Crippen molar-refractivity contribution in [1.82, 2.24) is 0 Å². The van der Waals surface area contributed by atoms with Crippen molar-refractivity contribution in [3.05, 3.63) is 0 Å². The Balaban J connectivity index is 2.47. The normalized spacial score (nSPS) is 40.3. The fourth-order valence-electron chi connectivity index (χ4n) is 1.81. The molecule has 1 aliphatic rings. The summed E-state index contributed by atoms with van der Waals surface area (Å²) in [6.45, 7) is 8.73. The van der Waals surface area contributed by atoms with Gasteiger partial charge in [0.2, 0.25) is 0 Å². The highest BCUT2D eigenvalue weighted by Gasteiger charge is 2.26. The van der Waals surface area contributed by atoms with Crippen LogP contribution in [0, 0.1) is 0 Å². The van der Waals surface area contributed by atoms with E-state index in [-0.39, 0.29) is 0 Å². The van der Waals surface area contributed by atoms with Crippen LogP contribution in [0.4, 0.5) is 0 Å². The second kappa shape index (κ2) is 6.19. The molecule has 0 saturated carbocycles. The number of hydrogen-bond donors (Lipinski definition) is 0. The summed E-state index contributed by atoms with van der Waals surface area (Å²) < 4.78 is 17.9. The zero-order chi connectivity index (χ0) is 10.6. The summed E-state index contributed by atoms with van der Waals surface area (Å²) in [4.78, 5) is 0. The van der Waals surface area contributed by atoms with Crippen LogP contribution in [0.15, 0.2) is 0 Å². The van der Waals surface area contributed by atoms with Gasteiger partial charge in [-0.2, -0.15) is 0 Å². The molecule has 0 bridgehead atoms. The maximum Gasteiger partial charge on any atom is 0.312 e. The molecule has 6 heteroatoms. The van der Waals surface area contributed by atoms with Crippen LogP contribution in [0.5, 0.6) is 0 Å². The Morgan fingerprint density at radius 3 is 2.64 bits per heavy atom. The van der Waals surface area contributed by atoms with Crippen molar-refractivity contribution in [3.63, 3.8) is 0 Å². The minimum atomic E-state index is -1.38. The van der Waals surface area contributed by atoms with Crippen LogP contribution in [-0.2, 0) is 12.7 Å². The standard InChI is InChI=1S/C8H22O3Si3/c1-5-6-14-9-8(2)7-12(3)10-13(4)11-14/h8,12-14H,5-7H2,1-4H3. The Morgan fingerprint density at radius 2 is 2.00 bits per heavy atom. The predicted octanol–water partition coefficient (Wildman–Crippen LogP) is 1.27. The van der Waals surface area contributed by atoms with Crippen LogP contribution < -0.4 is 0 Å². The van der Waals surface area contributed by atoms with Crippen molar-refractivity contribution in [2.45, 2.75) is 51.6 Å². The summed E-state index contributed by atoms with van der Waals surface area (Å²) in [5.74, 6) is 0. The molecule has 0 N–H and O–H groups in total. The lowest BCUT2D eigenvalue weighted by atomic mass is 10.5. The van der Waals surface area contributed by atoms with E-state index in [0.29, 0.717) is 6.10 Å². The van der Waals surface area contributed by atoms with Gasteiger partial charge in [0.05, 0.1) is 0 Å². The van der Waals surface area contributed by atoms with E-state index in [2.05, 4.69) is 26.9 Å². The van der Waals surface area contributed by atoms with Crippen molar-refractivity contribution in [3.8, 4) is 0 Å². The molecular formula is C8H22O3Si3. The predicted molar refractivity (Wildman–Crippen MR) is 65.8 cm³/mol. The van der Waals surface area contributed by atoms with E-state index in [0.717, 1.165) is 18.5 Å². The van der Waals surface area contributed by atoms with Gasteiger partial charge >= 0.3 is 9.28 Å². The van der Waals surface area contributed by atoms with Crippen LogP contribution in [0.2, 0.25) is 25.2 Å². The van der Waals surface area contributed by atoms with E-state index in [1.54, 1.807) is 0 Å². The summed E-state index contributed by atoms with van der Waals surface area (Å²) in [6.07, 6.45) is 1.53. The zero-order valence-corrected chi connectivity index (χ0v) is 13.1. The van der Waals surface area contributed by atoms with Gasteiger partial charge in [0.1, 0.15) is 0 Å². The van der Waals surface area contributed by atoms with E-state index >= 15 is 0 Å². The lowest BCUT2D eigenvalue weighted by molar-refractivity contribution is 0.184. The van der Waals surface area contributed by atoms with E-state index < -0.39 is 27.6 Å². The molecule has 0 aliphatic carbocycles. The Labute approximate surface area is 92.2 Å². The van der Waals surface area contributed by atoms with Crippen LogP contribution >= 0.6 is 0 Å². The summed E-state index contributed by atoms with van der Waals surface area (Å²) in [6, 6.07) is 2.27. The Bertz CT molecular complexity index is 156. The van der Waals surface area contributed by atoms with Crippen molar-refractivity contribution in [1.29, 1.82) is 0 Å². The van der Waals surface area contributed by atoms with Gasteiger partial charge in [-0.05, 0) is 32.1 Å². The van der Waals surface area contributed by atoms with Gasteiger partial charge in [-0.25, -0.2) is 0 Å². The van der Waals surface area contributed by atoms with Crippen LogP contribution in [0.25, 0.3) is 0 Å². The van der Waals surface area contributed by atoms with Gasteiger partial charge < -0.3 is 12.7 Å². The minimum Gasteiger partial charge on any atom is -0.441 e. The maximum atomic E-state index is 5.98. The highest BCUT2D eigenvalue weighted by Crippen LogP contribution is 2.15. The third-order valence-electron chi connectivity index (χ3n) is 2.34. The third kappa shape index (κ3) is 4.37. The van der Waals surface area contributed by atoms with Gasteiger partial charge in [0.25, 0.3) is 9.28 Å². The molecule has 4 unspecified atom stereocenters. The molecule has 0 radical (unpaired) electrons. The Morgan fingerprint density at radius 1 is 1.29 bits per heavy atom. The first-order chi connectivity index (χ1) is 6.61.